The second-order valence-electron chi connectivity index (χ2n) is 4.44. The highest BCUT2D eigenvalue weighted by Gasteiger charge is 2.25. The number of sulfonamides is 1. The Kier molecular flexibility index (Phi) is 4.02. The van der Waals surface area contributed by atoms with Crippen LogP contribution in [0.3, 0.4) is 0 Å². The van der Waals surface area contributed by atoms with Crippen molar-refractivity contribution in [2.24, 2.45) is 0 Å². The Balaban J connectivity index is 2.14. The Labute approximate surface area is 111 Å². The highest BCUT2D eigenvalue weighted by molar-refractivity contribution is 7.88. The fourth-order valence-electron chi connectivity index (χ4n) is 2.11. The van der Waals surface area contributed by atoms with E-state index < -0.39 is 15.8 Å². The first kappa shape index (κ1) is 14.2. The minimum atomic E-state index is -3.18. The number of hydrogen-bond donors (Lipinski definition) is 1. The number of piperazine rings is 1. The topological polar surface area (TPSA) is 73.7 Å². The molecule has 0 spiro atoms. The first-order valence-electron chi connectivity index (χ1n) is 5.87. The average molecular weight is 289 g/mol. The molecule has 1 N–H and O–H groups in total. The maximum Gasteiger partial charge on any atom is 0.211 e. The van der Waals surface area contributed by atoms with E-state index >= 15 is 0 Å². The second kappa shape index (κ2) is 5.40. The van der Waals surface area contributed by atoms with Crippen molar-refractivity contribution >= 4 is 15.8 Å². The molecule has 2 heterocycles. The van der Waals surface area contributed by atoms with Crippen LogP contribution in [0, 0.1) is 5.82 Å². The van der Waals surface area contributed by atoms with Crippen molar-refractivity contribution in [1.29, 1.82) is 0 Å². The molecule has 1 saturated heterocycles. The number of rotatable bonds is 3. The standard InChI is InChI=1S/C11H16FN3O3S/c1-19(17,18)15-4-2-14(3-5-15)11-9(8-16)6-10(12)7-13-11/h6-7,16H,2-5,8H2,1H3. The van der Waals surface area contributed by atoms with Gasteiger partial charge in [-0.2, -0.15) is 4.31 Å². The summed E-state index contributed by atoms with van der Waals surface area (Å²) in [5, 5.41) is 9.22. The van der Waals surface area contributed by atoms with Crippen molar-refractivity contribution in [2.45, 2.75) is 6.61 Å². The fourth-order valence-corrected chi connectivity index (χ4v) is 2.93. The van der Waals surface area contributed by atoms with Gasteiger partial charge in [0, 0.05) is 31.7 Å². The average Bonchev–Trinajstić information content (AvgIpc) is 2.37. The summed E-state index contributed by atoms with van der Waals surface area (Å²) < 4.78 is 37.2. The minimum absolute atomic E-state index is 0.299. The Morgan fingerprint density at radius 3 is 2.53 bits per heavy atom. The minimum Gasteiger partial charge on any atom is -0.392 e. The van der Waals surface area contributed by atoms with Crippen LogP contribution in [0.5, 0.6) is 0 Å². The molecule has 0 saturated carbocycles. The highest BCUT2D eigenvalue weighted by Crippen LogP contribution is 2.20. The predicted octanol–water partition coefficient (Wildman–Crippen LogP) is -0.205. The van der Waals surface area contributed by atoms with Gasteiger partial charge < -0.3 is 10.0 Å². The van der Waals surface area contributed by atoms with E-state index in [1.54, 1.807) is 0 Å². The molecule has 106 valence electrons. The van der Waals surface area contributed by atoms with Gasteiger partial charge in [0.1, 0.15) is 11.6 Å². The molecule has 1 fully saturated rings. The molecule has 2 rings (SSSR count). The van der Waals surface area contributed by atoms with Gasteiger partial charge in [0.05, 0.1) is 19.1 Å². The molecule has 19 heavy (non-hydrogen) atoms. The van der Waals surface area contributed by atoms with Crippen LogP contribution < -0.4 is 4.90 Å². The van der Waals surface area contributed by atoms with Gasteiger partial charge in [-0.3, -0.25) is 0 Å². The lowest BCUT2D eigenvalue weighted by molar-refractivity contribution is 0.280. The summed E-state index contributed by atoms with van der Waals surface area (Å²) in [4.78, 5) is 5.84. The summed E-state index contributed by atoms with van der Waals surface area (Å²) >= 11 is 0. The molecule has 0 aromatic carbocycles. The second-order valence-corrected chi connectivity index (χ2v) is 6.43. The number of pyridine rings is 1. The number of aromatic nitrogens is 1. The zero-order chi connectivity index (χ0) is 14.0. The van der Waals surface area contributed by atoms with E-state index in [0.717, 1.165) is 6.20 Å². The summed E-state index contributed by atoms with van der Waals surface area (Å²) in [6, 6.07) is 1.24. The van der Waals surface area contributed by atoms with Crippen LogP contribution in [0.1, 0.15) is 5.56 Å². The van der Waals surface area contributed by atoms with E-state index in [1.165, 1.54) is 16.6 Å². The summed E-state index contributed by atoms with van der Waals surface area (Å²) in [5.74, 6) is 0.0135. The van der Waals surface area contributed by atoms with Gasteiger partial charge in [-0.25, -0.2) is 17.8 Å². The summed E-state index contributed by atoms with van der Waals surface area (Å²) in [5.41, 5.74) is 0.410. The first-order valence-corrected chi connectivity index (χ1v) is 7.72. The van der Waals surface area contributed by atoms with Crippen LogP contribution in [-0.4, -0.2) is 55.2 Å². The molecule has 1 aromatic heterocycles. The Hall–Kier alpha value is -1.25. The lowest BCUT2D eigenvalue weighted by Gasteiger charge is -2.34. The van der Waals surface area contributed by atoms with Crippen LogP contribution in [0.2, 0.25) is 0 Å². The van der Waals surface area contributed by atoms with E-state index in [9.17, 15) is 17.9 Å². The third-order valence-electron chi connectivity index (χ3n) is 3.09. The molecular formula is C11H16FN3O3S. The zero-order valence-corrected chi connectivity index (χ0v) is 11.4. The first-order chi connectivity index (χ1) is 8.91. The number of halogens is 1. The molecule has 0 aliphatic carbocycles. The van der Waals surface area contributed by atoms with Gasteiger partial charge in [0.25, 0.3) is 0 Å². The maximum absolute atomic E-state index is 13.0. The van der Waals surface area contributed by atoms with Crippen molar-refractivity contribution in [2.75, 3.05) is 37.3 Å². The Morgan fingerprint density at radius 2 is 2.00 bits per heavy atom. The van der Waals surface area contributed by atoms with E-state index in [1.807, 2.05) is 4.90 Å². The van der Waals surface area contributed by atoms with Gasteiger partial charge in [0.15, 0.2) is 0 Å². The van der Waals surface area contributed by atoms with Crippen molar-refractivity contribution in [3.05, 3.63) is 23.6 Å². The van der Waals surface area contributed by atoms with Crippen LogP contribution in [-0.2, 0) is 16.6 Å². The van der Waals surface area contributed by atoms with Gasteiger partial charge >= 0.3 is 0 Å². The molecular weight excluding hydrogens is 273 g/mol. The fraction of sp³-hybridized carbons (Fsp3) is 0.545. The van der Waals surface area contributed by atoms with E-state index in [-0.39, 0.29) is 6.61 Å². The molecule has 0 bridgehead atoms. The van der Waals surface area contributed by atoms with Crippen molar-refractivity contribution in [3.8, 4) is 0 Å². The monoisotopic (exact) mass is 289 g/mol. The van der Waals surface area contributed by atoms with Gasteiger partial charge in [-0.05, 0) is 6.07 Å². The number of aliphatic hydroxyl groups excluding tert-OH is 1. The molecule has 0 radical (unpaired) electrons. The number of nitrogens with zero attached hydrogens (tertiary/aromatic N) is 3. The molecule has 1 aliphatic heterocycles. The SMILES string of the molecule is CS(=O)(=O)N1CCN(c2ncc(F)cc2CO)CC1. The van der Waals surface area contributed by atoms with E-state index in [4.69, 9.17) is 0 Å². The third kappa shape index (κ3) is 3.20. The largest absolute Gasteiger partial charge is 0.392 e. The third-order valence-corrected chi connectivity index (χ3v) is 4.39. The van der Waals surface area contributed by atoms with Crippen molar-refractivity contribution < 1.29 is 17.9 Å². The van der Waals surface area contributed by atoms with Crippen LogP contribution in [0.25, 0.3) is 0 Å². The highest BCUT2D eigenvalue weighted by atomic mass is 32.2. The van der Waals surface area contributed by atoms with Crippen molar-refractivity contribution in [3.63, 3.8) is 0 Å². The van der Waals surface area contributed by atoms with Crippen molar-refractivity contribution in [1.82, 2.24) is 9.29 Å². The lowest BCUT2D eigenvalue weighted by atomic mass is 10.2. The van der Waals surface area contributed by atoms with Crippen LogP contribution >= 0.6 is 0 Å². The zero-order valence-electron chi connectivity index (χ0n) is 10.6. The van der Waals surface area contributed by atoms with Gasteiger partial charge in [-0.15, -0.1) is 0 Å². The quantitative estimate of drug-likeness (QED) is 0.834. The summed E-state index contributed by atoms with van der Waals surface area (Å²) in [6.07, 6.45) is 2.27. The molecule has 0 unspecified atom stereocenters. The molecule has 0 amide bonds. The number of hydrogen-bond acceptors (Lipinski definition) is 5. The normalized spacial score (nSPS) is 17.7. The van der Waals surface area contributed by atoms with Crippen LogP contribution in [0.4, 0.5) is 10.2 Å². The summed E-state index contributed by atoms with van der Waals surface area (Å²) in [7, 11) is -3.18. The smallest absolute Gasteiger partial charge is 0.211 e. The van der Waals surface area contributed by atoms with Gasteiger partial charge in [-0.1, -0.05) is 0 Å². The number of aliphatic hydroxyl groups is 1. The molecule has 6 nitrogen and oxygen atoms in total. The molecule has 1 aromatic rings. The molecule has 0 atom stereocenters. The molecule has 8 heteroatoms. The predicted molar refractivity (Wildman–Crippen MR) is 68.7 cm³/mol. The number of anilines is 1. The maximum atomic E-state index is 13.0. The lowest BCUT2D eigenvalue weighted by Crippen LogP contribution is -2.48. The Morgan fingerprint density at radius 1 is 1.37 bits per heavy atom. The van der Waals surface area contributed by atoms with E-state index in [0.29, 0.717) is 37.6 Å². The van der Waals surface area contributed by atoms with E-state index in [2.05, 4.69) is 4.98 Å². The van der Waals surface area contributed by atoms with Gasteiger partial charge in [0.2, 0.25) is 10.0 Å². The van der Waals surface area contributed by atoms with Crippen LogP contribution in [0.15, 0.2) is 12.3 Å². The molecule has 1 aliphatic rings. The Bertz CT molecular complexity index is 556. The summed E-state index contributed by atoms with van der Waals surface area (Å²) in [6.45, 7) is 1.37.